The number of nitrogens with zero attached hydrogens (tertiary/aromatic N) is 1. The average Bonchev–Trinajstić information content (AvgIpc) is 2.70. The highest BCUT2D eigenvalue weighted by molar-refractivity contribution is 9.09. The van der Waals surface area contributed by atoms with Crippen LogP contribution in [0.1, 0.15) is 39.9 Å². The van der Waals surface area contributed by atoms with E-state index in [9.17, 15) is 4.79 Å². The topological polar surface area (TPSA) is 20.3 Å². The first kappa shape index (κ1) is 13.1. The van der Waals surface area contributed by atoms with Gasteiger partial charge in [0.2, 0.25) is 0 Å². The van der Waals surface area contributed by atoms with E-state index in [1.54, 1.807) is 16.2 Å². The van der Waals surface area contributed by atoms with E-state index in [1.807, 2.05) is 7.05 Å². The molecule has 1 aliphatic rings. The minimum absolute atomic E-state index is 0.163. The van der Waals surface area contributed by atoms with Crippen molar-refractivity contribution in [3.63, 3.8) is 0 Å². The average molecular weight is 316 g/mol. The Morgan fingerprint density at radius 2 is 2.24 bits per heavy atom. The summed E-state index contributed by atoms with van der Waals surface area (Å²) >= 11 is 5.17. The largest absolute Gasteiger partial charge is 0.340 e. The van der Waals surface area contributed by atoms with Gasteiger partial charge in [-0.3, -0.25) is 4.79 Å². The molecule has 1 heterocycles. The maximum absolute atomic E-state index is 12.2. The molecule has 0 bridgehead atoms. The number of thiophene rings is 1. The van der Waals surface area contributed by atoms with Crippen molar-refractivity contribution in [2.75, 3.05) is 13.6 Å². The number of hydrogen-bond acceptors (Lipinski definition) is 2. The number of halogens is 1. The first-order valence-corrected chi connectivity index (χ1v) is 7.82. The molecule has 0 radical (unpaired) electrons. The Morgan fingerprint density at radius 3 is 2.88 bits per heavy atom. The number of carbonyl (C=O) groups is 1. The summed E-state index contributed by atoms with van der Waals surface area (Å²) in [5, 5.41) is 0. The summed E-state index contributed by atoms with van der Waals surface area (Å²) in [5.74, 6) is 0.163. The van der Waals surface area contributed by atoms with E-state index in [0.29, 0.717) is 4.83 Å². The van der Waals surface area contributed by atoms with E-state index in [4.69, 9.17) is 0 Å². The highest BCUT2D eigenvalue weighted by Crippen LogP contribution is 2.30. The number of hydrogen-bond donors (Lipinski definition) is 0. The molecule has 0 aliphatic heterocycles. The molecule has 1 aromatic heterocycles. The molecule has 0 spiro atoms. The van der Waals surface area contributed by atoms with Crippen LogP contribution in [-0.2, 0) is 12.8 Å². The lowest BCUT2D eigenvalue weighted by atomic mass is 9.99. The van der Waals surface area contributed by atoms with Gasteiger partial charge in [-0.05, 0) is 37.3 Å². The lowest BCUT2D eigenvalue weighted by Gasteiger charge is -2.17. The van der Waals surface area contributed by atoms with Crippen molar-refractivity contribution in [1.82, 2.24) is 4.90 Å². The van der Waals surface area contributed by atoms with Crippen LogP contribution in [0.15, 0.2) is 6.07 Å². The second-order valence-corrected chi connectivity index (χ2v) is 7.43. The molecule has 0 N–H and O–H groups in total. The predicted molar refractivity (Wildman–Crippen MR) is 76.3 cm³/mol. The van der Waals surface area contributed by atoms with Crippen molar-refractivity contribution in [3.05, 3.63) is 21.4 Å². The molecule has 4 heteroatoms. The summed E-state index contributed by atoms with van der Waals surface area (Å²) in [6.45, 7) is 2.81. The minimum atomic E-state index is 0.163. The van der Waals surface area contributed by atoms with Crippen LogP contribution in [0.25, 0.3) is 0 Å². The number of amides is 1. The lowest BCUT2D eigenvalue weighted by Crippen LogP contribution is -2.30. The zero-order valence-corrected chi connectivity index (χ0v) is 12.7. The quantitative estimate of drug-likeness (QED) is 0.782. The van der Waals surface area contributed by atoms with Crippen molar-refractivity contribution in [2.24, 2.45) is 0 Å². The van der Waals surface area contributed by atoms with Crippen molar-refractivity contribution < 1.29 is 4.79 Å². The van der Waals surface area contributed by atoms with E-state index in [-0.39, 0.29) is 5.91 Å². The Morgan fingerprint density at radius 1 is 1.53 bits per heavy atom. The normalized spacial score (nSPS) is 16.4. The van der Waals surface area contributed by atoms with Crippen LogP contribution in [0.4, 0.5) is 0 Å². The molecule has 1 unspecified atom stereocenters. The summed E-state index contributed by atoms with van der Waals surface area (Å²) in [4.78, 5) is 16.7. The molecule has 2 rings (SSSR count). The Labute approximate surface area is 115 Å². The first-order valence-electron chi connectivity index (χ1n) is 6.09. The van der Waals surface area contributed by atoms with Gasteiger partial charge in [0.1, 0.15) is 0 Å². The minimum Gasteiger partial charge on any atom is -0.340 e. The number of carbonyl (C=O) groups excluding carboxylic acids is 1. The fraction of sp³-hybridized carbons (Fsp3) is 0.615. The van der Waals surface area contributed by atoms with Gasteiger partial charge >= 0.3 is 0 Å². The highest BCUT2D eigenvalue weighted by Gasteiger charge is 2.20. The van der Waals surface area contributed by atoms with Gasteiger partial charge < -0.3 is 4.90 Å². The lowest BCUT2D eigenvalue weighted by molar-refractivity contribution is 0.0802. The third-order valence-electron chi connectivity index (χ3n) is 3.08. The second-order valence-electron chi connectivity index (χ2n) is 4.73. The highest BCUT2D eigenvalue weighted by atomic mass is 79.9. The Bertz CT molecular complexity index is 390. The second kappa shape index (κ2) is 5.53. The standard InChI is InChI=1S/C13H18BrNOS/c1-9(14)8-15(2)13(16)12-7-10-5-3-4-6-11(10)17-12/h7,9H,3-6,8H2,1-2H3. The van der Waals surface area contributed by atoms with Crippen LogP contribution < -0.4 is 0 Å². The molecule has 1 amide bonds. The molecule has 94 valence electrons. The molecule has 1 atom stereocenters. The monoisotopic (exact) mass is 315 g/mol. The number of aryl methyl sites for hydroxylation is 2. The zero-order chi connectivity index (χ0) is 12.4. The molecular weight excluding hydrogens is 298 g/mol. The Kier molecular flexibility index (Phi) is 4.26. The third kappa shape index (κ3) is 3.10. The van der Waals surface area contributed by atoms with Crippen molar-refractivity contribution >= 4 is 33.2 Å². The Hall–Kier alpha value is -0.350. The van der Waals surface area contributed by atoms with E-state index in [2.05, 4.69) is 28.9 Å². The van der Waals surface area contributed by atoms with Crippen LogP contribution in [0.2, 0.25) is 0 Å². The van der Waals surface area contributed by atoms with Crippen molar-refractivity contribution in [2.45, 2.75) is 37.4 Å². The van der Waals surface area contributed by atoms with Crippen LogP contribution in [0, 0.1) is 0 Å². The molecule has 2 nitrogen and oxygen atoms in total. The molecule has 1 aliphatic carbocycles. The molecular formula is C13H18BrNOS. The molecule has 17 heavy (non-hydrogen) atoms. The van der Waals surface area contributed by atoms with Gasteiger partial charge in [-0.15, -0.1) is 11.3 Å². The fourth-order valence-electron chi connectivity index (χ4n) is 2.24. The van der Waals surface area contributed by atoms with Gasteiger partial charge in [0.05, 0.1) is 4.88 Å². The smallest absolute Gasteiger partial charge is 0.263 e. The van der Waals surface area contributed by atoms with Gasteiger partial charge in [-0.2, -0.15) is 0 Å². The maximum Gasteiger partial charge on any atom is 0.263 e. The zero-order valence-electron chi connectivity index (χ0n) is 10.3. The summed E-state index contributed by atoms with van der Waals surface area (Å²) in [5.41, 5.74) is 1.41. The molecule has 0 saturated heterocycles. The van der Waals surface area contributed by atoms with Crippen molar-refractivity contribution in [1.29, 1.82) is 0 Å². The SMILES string of the molecule is CC(Br)CN(C)C(=O)c1cc2c(s1)CCCC2. The molecule has 0 saturated carbocycles. The number of rotatable bonds is 3. The molecule has 0 aromatic carbocycles. The third-order valence-corrected chi connectivity index (χ3v) is 4.59. The van der Waals surface area contributed by atoms with Crippen LogP contribution in [-0.4, -0.2) is 29.2 Å². The first-order chi connectivity index (χ1) is 8.08. The maximum atomic E-state index is 12.2. The number of alkyl halides is 1. The fourth-order valence-corrected chi connectivity index (χ4v) is 3.93. The summed E-state index contributed by atoms with van der Waals surface area (Å²) in [6.07, 6.45) is 4.85. The molecule has 0 fully saturated rings. The van der Waals surface area contributed by atoms with Crippen LogP contribution >= 0.6 is 27.3 Å². The van der Waals surface area contributed by atoms with E-state index in [1.165, 1.54) is 23.3 Å². The van der Waals surface area contributed by atoms with Gasteiger partial charge in [0.25, 0.3) is 5.91 Å². The Balaban J connectivity index is 2.11. The predicted octanol–water partition coefficient (Wildman–Crippen LogP) is 3.48. The van der Waals surface area contributed by atoms with Gasteiger partial charge in [0.15, 0.2) is 0 Å². The summed E-state index contributed by atoms with van der Waals surface area (Å²) in [6, 6.07) is 2.11. The van der Waals surface area contributed by atoms with Gasteiger partial charge in [-0.25, -0.2) is 0 Å². The van der Waals surface area contributed by atoms with E-state index < -0.39 is 0 Å². The summed E-state index contributed by atoms with van der Waals surface area (Å²) in [7, 11) is 1.87. The van der Waals surface area contributed by atoms with Crippen molar-refractivity contribution in [3.8, 4) is 0 Å². The summed E-state index contributed by atoms with van der Waals surface area (Å²) < 4.78 is 0. The van der Waals surface area contributed by atoms with E-state index in [0.717, 1.165) is 24.3 Å². The van der Waals surface area contributed by atoms with E-state index >= 15 is 0 Å². The number of fused-ring (bicyclic) bond motifs is 1. The van der Waals surface area contributed by atoms with Crippen LogP contribution in [0.5, 0.6) is 0 Å². The van der Waals surface area contributed by atoms with Crippen LogP contribution in [0.3, 0.4) is 0 Å². The van der Waals surface area contributed by atoms with Gasteiger partial charge in [0, 0.05) is 23.3 Å². The van der Waals surface area contributed by atoms with Gasteiger partial charge in [-0.1, -0.05) is 22.9 Å². The molecule has 1 aromatic rings.